The molecule has 0 atom stereocenters. The zero-order valence-electron chi connectivity index (χ0n) is 11.3. The van der Waals surface area contributed by atoms with Gasteiger partial charge in [-0.05, 0) is 18.6 Å². The highest BCUT2D eigenvalue weighted by Gasteiger charge is 2.35. The zero-order chi connectivity index (χ0) is 14.8. The third-order valence-electron chi connectivity index (χ3n) is 2.68. The molecule has 5 heteroatoms. The van der Waals surface area contributed by atoms with Crippen LogP contribution in [0.2, 0.25) is 0 Å². The van der Waals surface area contributed by atoms with Crippen LogP contribution in [0.25, 0.3) is 5.57 Å². The number of nitrogens with zero attached hydrogens (tertiary/aromatic N) is 2. The van der Waals surface area contributed by atoms with Gasteiger partial charge in [-0.25, -0.2) is 0 Å². The van der Waals surface area contributed by atoms with Gasteiger partial charge < -0.3 is 0 Å². The first-order valence-corrected chi connectivity index (χ1v) is 5.72. The SMILES string of the molecule is C/C(=C/C#N)c1cnc(C(C)(C)C)cc1C(F)(F)F. The van der Waals surface area contributed by atoms with Gasteiger partial charge in [-0.3, -0.25) is 4.98 Å². The largest absolute Gasteiger partial charge is 0.417 e. The van der Waals surface area contributed by atoms with E-state index in [0.717, 1.165) is 12.1 Å². The molecule has 0 aromatic carbocycles. The molecule has 0 radical (unpaired) electrons. The van der Waals surface area contributed by atoms with E-state index in [1.54, 1.807) is 26.8 Å². The lowest BCUT2D eigenvalue weighted by molar-refractivity contribution is -0.137. The number of aromatic nitrogens is 1. The van der Waals surface area contributed by atoms with Crippen LogP contribution in [-0.4, -0.2) is 4.98 Å². The highest BCUT2D eigenvalue weighted by Crippen LogP contribution is 2.36. The minimum atomic E-state index is -4.47. The number of alkyl halides is 3. The molecular formula is C14H15F3N2. The Balaban J connectivity index is 3.52. The molecule has 0 saturated carbocycles. The van der Waals surface area contributed by atoms with Crippen molar-refractivity contribution in [2.24, 2.45) is 0 Å². The van der Waals surface area contributed by atoms with Crippen molar-refractivity contribution in [3.8, 4) is 6.07 Å². The first-order chi connectivity index (χ1) is 8.57. The van der Waals surface area contributed by atoms with Crippen molar-refractivity contribution in [2.75, 3.05) is 0 Å². The summed E-state index contributed by atoms with van der Waals surface area (Å²) in [7, 11) is 0. The summed E-state index contributed by atoms with van der Waals surface area (Å²) in [5.41, 5.74) is -0.652. The molecule has 0 aliphatic heterocycles. The Hall–Kier alpha value is -1.83. The van der Waals surface area contributed by atoms with Crippen LogP contribution in [0.5, 0.6) is 0 Å². The summed E-state index contributed by atoms with van der Waals surface area (Å²) in [6.07, 6.45) is -2.20. The molecule has 0 aliphatic rings. The van der Waals surface area contributed by atoms with Crippen molar-refractivity contribution in [1.29, 1.82) is 5.26 Å². The van der Waals surface area contributed by atoms with E-state index >= 15 is 0 Å². The average Bonchev–Trinajstić information content (AvgIpc) is 2.26. The van der Waals surface area contributed by atoms with E-state index in [1.165, 1.54) is 13.1 Å². The van der Waals surface area contributed by atoms with E-state index in [9.17, 15) is 13.2 Å². The molecule has 0 N–H and O–H groups in total. The van der Waals surface area contributed by atoms with Gasteiger partial charge >= 0.3 is 6.18 Å². The molecule has 1 heterocycles. The lowest BCUT2D eigenvalue weighted by atomic mass is 9.89. The minimum absolute atomic E-state index is 0.0537. The van der Waals surface area contributed by atoms with Crippen molar-refractivity contribution < 1.29 is 13.2 Å². The summed E-state index contributed by atoms with van der Waals surface area (Å²) in [5, 5.41) is 8.55. The number of hydrogen-bond donors (Lipinski definition) is 0. The molecule has 1 aromatic rings. The first kappa shape index (κ1) is 15.2. The molecule has 0 amide bonds. The maximum absolute atomic E-state index is 13.1. The fraction of sp³-hybridized carbons (Fsp3) is 0.429. The lowest BCUT2D eigenvalue weighted by Crippen LogP contribution is -2.17. The van der Waals surface area contributed by atoms with E-state index in [1.807, 2.05) is 0 Å². The predicted octanol–water partition coefficient (Wildman–Crippen LogP) is 4.32. The quantitative estimate of drug-likeness (QED) is 0.711. The molecule has 0 unspecified atom stereocenters. The van der Waals surface area contributed by atoms with E-state index in [4.69, 9.17) is 5.26 Å². The van der Waals surface area contributed by atoms with Gasteiger partial charge in [0.05, 0.1) is 11.6 Å². The second-order valence-corrected chi connectivity index (χ2v) is 5.32. The molecule has 0 spiro atoms. The smallest absolute Gasteiger partial charge is 0.260 e. The minimum Gasteiger partial charge on any atom is -0.260 e. The van der Waals surface area contributed by atoms with Gasteiger partial charge in [0, 0.05) is 28.9 Å². The number of halogens is 3. The Morgan fingerprint density at radius 1 is 1.32 bits per heavy atom. The van der Waals surface area contributed by atoms with Crippen LogP contribution in [0.4, 0.5) is 13.2 Å². The molecule has 0 bridgehead atoms. The van der Waals surface area contributed by atoms with Gasteiger partial charge in [0.1, 0.15) is 0 Å². The van der Waals surface area contributed by atoms with Crippen LogP contribution >= 0.6 is 0 Å². The fourth-order valence-corrected chi connectivity index (χ4v) is 1.59. The third-order valence-corrected chi connectivity index (χ3v) is 2.68. The van der Waals surface area contributed by atoms with Crippen molar-refractivity contribution in [3.05, 3.63) is 35.2 Å². The Bertz CT molecular complexity index is 543. The lowest BCUT2D eigenvalue weighted by Gasteiger charge is -2.21. The van der Waals surface area contributed by atoms with Crippen LogP contribution in [0.3, 0.4) is 0 Å². The highest BCUT2D eigenvalue weighted by atomic mass is 19.4. The summed E-state index contributed by atoms with van der Waals surface area (Å²) in [5.74, 6) is 0. The zero-order valence-corrected chi connectivity index (χ0v) is 11.3. The maximum Gasteiger partial charge on any atom is 0.417 e. The van der Waals surface area contributed by atoms with Crippen molar-refractivity contribution in [1.82, 2.24) is 4.98 Å². The molecule has 0 saturated heterocycles. The molecule has 0 aliphatic carbocycles. The van der Waals surface area contributed by atoms with Gasteiger partial charge in [-0.15, -0.1) is 0 Å². The van der Waals surface area contributed by atoms with Gasteiger partial charge in [-0.1, -0.05) is 20.8 Å². The molecule has 1 rings (SSSR count). The molecule has 2 nitrogen and oxygen atoms in total. The summed E-state index contributed by atoms with van der Waals surface area (Å²) in [6.45, 7) is 6.86. The number of pyridine rings is 1. The van der Waals surface area contributed by atoms with Crippen LogP contribution in [0.15, 0.2) is 18.3 Å². The Labute approximate surface area is 110 Å². The predicted molar refractivity (Wildman–Crippen MR) is 67.2 cm³/mol. The van der Waals surface area contributed by atoms with Crippen molar-refractivity contribution >= 4 is 5.57 Å². The van der Waals surface area contributed by atoms with Crippen LogP contribution in [0, 0.1) is 11.3 Å². The summed E-state index contributed by atoms with van der Waals surface area (Å²) in [6, 6.07) is 2.79. The molecule has 102 valence electrons. The third kappa shape index (κ3) is 3.57. The van der Waals surface area contributed by atoms with Crippen LogP contribution in [0.1, 0.15) is 44.5 Å². The monoisotopic (exact) mass is 268 g/mol. The number of rotatable bonds is 1. The second-order valence-electron chi connectivity index (χ2n) is 5.32. The summed E-state index contributed by atoms with van der Waals surface area (Å²) < 4.78 is 39.2. The highest BCUT2D eigenvalue weighted by molar-refractivity contribution is 5.68. The number of hydrogen-bond acceptors (Lipinski definition) is 2. The second kappa shape index (κ2) is 5.04. The first-order valence-electron chi connectivity index (χ1n) is 5.72. The number of allylic oxidation sites excluding steroid dienone is 2. The van der Waals surface area contributed by atoms with E-state index < -0.39 is 17.2 Å². The number of nitriles is 1. The molecule has 19 heavy (non-hydrogen) atoms. The maximum atomic E-state index is 13.1. The van der Waals surface area contributed by atoms with Gasteiger partial charge in [-0.2, -0.15) is 18.4 Å². The van der Waals surface area contributed by atoms with E-state index in [2.05, 4.69) is 4.98 Å². The Morgan fingerprint density at radius 2 is 1.89 bits per heavy atom. The van der Waals surface area contributed by atoms with Gasteiger partial charge in [0.2, 0.25) is 0 Å². The molecule has 0 fully saturated rings. The van der Waals surface area contributed by atoms with Crippen molar-refractivity contribution in [2.45, 2.75) is 39.3 Å². The van der Waals surface area contributed by atoms with Crippen molar-refractivity contribution in [3.63, 3.8) is 0 Å². The topological polar surface area (TPSA) is 36.7 Å². The fourth-order valence-electron chi connectivity index (χ4n) is 1.59. The summed E-state index contributed by atoms with van der Waals surface area (Å²) in [4.78, 5) is 4.08. The Morgan fingerprint density at radius 3 is 2.32 bits per heavy atom. The normalized spacial score (nSPS) is 13.3. The Kier molecular flexibility index (Phi) is 4.04. The van der Waals surface area contributed by atoms with Crippen LogP contribution < -0.4 is 0 Å². The van der Waals surface area contributed by atoms with E-state index in [0.29, 0.717) is 5.69 Å². The van der Waals surface area contributed by atoms with Gasteiger partial charge in [0.15, 0.2) is 0 Å². The van der Waals surface area contributed by atoms with Gasteiger partial charge in [0.25, 0.3) is 0 Å². The average molecular weight is 268 g/mol. The van der Waals surface area contributed by atoms with Crippen LogP contribution in [-0.2, 0) is 11.6 Å². The van der Waals surface area contributed by atoms with E-state index in [-0.39, 0.29) is 11.1 Å². The summed E-state index contributed by atoms with van der Waals surface area (Å²) >= 11 is 0. The molecular weight excluding hydrogens is 253 g/mol. The standard InChI is InChI=1S/C14H15F3N2/c1-9(5-6-18)10-8-19-12(13(2,3)4)7-11(10)14(15,16)17/h5,7-8H,1-4H3/b9-5-. The molecule has 1 aromatic heterocycles.